The third-order valence-electron chi connectivity index (χ3n) is 4.33. The van der Waals surface area contributed by atoms with Crippen LogP contribution >= 0.6 is 11.3 Å². The van der Waals surface area contributed by atoms with Crippen molar-refractivity contribution in [3.05, 3.63) is 16.1 Å². The number of aromatic nitrogens is 1. The van der Waals surface area contributed by atoms with Crippen molar-refractivity contribution in [2.75, 3.05) is 13.1 Å². The van der Waals surface area contributed by atoms with Gasteiger partial charge >= 0.3 is 0 Å². The summed E-state index contributed by atoms with van der Waals surface area (Å²) >= 11 is 1.71. The minimum atomic E-state index is 0.214. The number of rotatable bonds is 1. The van der Waals surface area contributed by atoms with Crippen LogP contribution < -0.4 is 0 Å². The molecule has 98 valence electrons. The average Bonchev–Trinajstić information content (AvgIpc) is 2.86. The van der Waals surface area contributed by atoms with E-state index in [1.165, 1.54) is 23.4 Å². The van der Waals surface area contributed by atoms with Gasteiger partial charge in [0.25, 0.3) is 0 Å². The van der Waals surface area contributed by atoms with Crippen LogP contribution in [0.5, 0.6) is 0 Å². The summed E-state index contributed by atoms with van der Waals surface area (Å²) in [6, 6.07) is 0. The second-order valence-corrected chi connectivity index (χ2v) is 6.61. The molecule has 2 aliphatic rings. The third-order valence-corrected chi connectivity index (χ3v) is 5.23. The van der Waals surface area contributed by atoms with Crippen LogP contribution in [0.25, 0.3) is 0 Å². The normalized spacial score (nSPS) is 24.9. The smallest absolute Gasteiger partial charge is 0.226 e. The number of aryl methyl sites for hydroxylation is 1. The van der Waals surface area contributed by atoms with Crippen molar-refractivity contribution in [2.24, 2.45) is 11.8 Å². The molecule has 1 aromatic heterocycles. The Morgan fingerprint density at radius 3 is 2.94 bits per heavy atom. The topological polar surface area (TPSA) is 33.2 Å². The molecule has 0 saturated carbocycles. The van der Waals surface area contributed by atoms with Gasteiger partial charge in [0.2, 0.25) is 5.91 Å². The monoisotopic (exact) mass is 264 g/mol. The standard InChI is InChI=1S/C14H20N2OS/c1-10-4-6-16(7-5-10)14(17)11-2-3-12-13(8-11)18-9-15-12/h9-11H,2-8H2,1H3. The van der Waals surface area contributed by atoms with Gasteiger partial charge in [-0.05, 0) is 38.0 Å². The summed E-state index contributed by atoms with van der Waals surface area (Å²) < 4.78 is 0. The Balaban J connectivity index is 1.64. The van der Waals surface area contributed by atoms with Crippen molar-refractivity contribution in [2.45, 2.75) is 39.0 Å². The Morgan fingerprint density at radius 2 is 2.17 bits per heavy atom. The van der Waals surface area contributed by atoms with E-state index in [2.05, 4.69) is 16.8 Å². The van der Waals surface area contributed by atoms with Gasteiger partial charge in [-0.2, -0.15) is 0 Å². The summed E-state index contributed by atoms with van der Waals surface area (Å²) in [7, 11) is 0. The van der Waals surface area contributed by atoms with E-state index < -0.39 is 0 Å². The van der Waals surface area contributed by atoms with Gasteiger partial charge in [0.1, 0.15) is 0 Å². The van der Waals surface area contributed by atoms with Gasteiger partial charge in [-0.25, -0.2) is 4.98 Å². The minimum Gasteiger partial charge on any atom is -0.342 e. The van der Waals surface area contributed by atoms with E-state index in [0.29, 0.717) is 5.91 Å². The number of nitrogens with zero attached hydrogens (tertiary/aromatic N) is 2. The zero-order valence-electron chi connectivity index (χ0n) is 10.9. The molecular weight excluding hydrogens is 244 g/mol. The molecule has 2 heterocycles. The van der Waals surface area contributed by atoms with Gasteiger partial charge in [-0.1, -0.05) is 6.92 Å². The summed E-state index contributed by atoms with van der Waals surface area (Å²) in [6.45, 7) is 4.21. The highest BCUT2D eigenvalue weighted by molar-refractivity contribution is 7.09. The number of amides is 1. The minimum absolute atomic E-state index is 0.214. The lowest BCUT2D eigenvalue weighted by atomic mass is 9.89. The molecule has 1 aromatic rings. The number of hydrogen-bond acceptors (Lipinski definition) is 3. The Kier molecular flexibility index (Phi) is 3.37. The van der Waals surface area contributed by atoms with Crippen LogP contribution in [0.1, 0.15) is 36.8 Å². The van der Waals surface area contributed by atoms with E-state index in [1.807, 2.05) is 5.51 Å². The van der Waals surface area contributed by atoms with Crippen molar-refractivity contribution < 1.29 is 4.79 Å². The molecule has 0 bridgehead atoms. The fourth-order valence-electron chi connectivity index (χ4n) is 3.00. The fraction of sp³-hybridized carbons (Fsp3) is 0.714. The van der Waals surface area contributed by atoms with E-state index >= 15 is 0 Å². The summed E-state index contributed by atoms with van der Waals surface area (Å²) in [5, 5.41) is 0. The van der Waals surface area contributed by atoms with Crippen LogP contribution in [0.15, 0.2) is 5.51 Å². The molecule has 1 aliphatic heterocycles. The van der Waals surface area contributed by atoms with Gasteiger partial charge in [-0.3, -0.25) is 4.79 Å². The lowest BCUT2D eigenvalue weighted by molar-refractivity contribution is -0.137. The van der Waals surface area contributed by atoms with Crippen LogP contribution in [0.4, 0.5) is 0 Å². The molecule has 1 aliphatic carbocycles. The lowest BCUT2D eigenvalue weighted by Crippen LogP contribution is -2.42. The molecule has 1 unspecified atom stereocenters. The van der Waals surface area contributed by atoms with E-state index in [-0.39, 0.29) is 5.92 Å². The molecule has 1 saturated heterocycles. The van der Waals surface area contributed by atoms with Gasteiger partial charge in [0.05, 0.1) is 11.2 Å². The molecular formula is C14H20N2OS. The van der Waals surface area contributed by atoms with Crippen LogP contribution in [0.3, 0.4) is 0 Å². The summed E-state index contributed by atoms with van der Waals surface area (Å²) in [5.74, 6) is 1.39. The van der Waals surface area contributed by atoms with Gasteiger partial charge in [0.15, 0.2) is 0 Å². The number of carbonyl (C=O) groups is 1. The van der Waals surface area contributed by atoms with E-state index in [9.17, 15) is 4.79 Å². The Hall–Kier alpha value is -0.900. The zero-order valence-corrected chi connectivity index (χ0v) is 11.7. The fourth-order valence-corrected chi connectivity index (χ4v) is 3.89. The van der Waals surface area contributed by atoms with E-state index in [4.69, 9.17) is 0 Å². The van der Waals surface area contributed by atoms with Crippen molar-refractivity contribution in [1.29, 1.82) is 0 Å². The first-order valence-electron chi connectivity index (χ1n) is 6.94. The van der Waals surface area contributed by atoms with Crippen LogP contribution in [0, 0.1) is 11.8 Å². The molecule has 18 heavy (non-hydrogen) atoms. The van der Waals surface area contributed by atoms with Gasteiger partial charge in [0, 0.05) is 23.9 Å². The summed E-state index contributed by atoms with van der Waals surface area (Å²) in [6.07, 6.45) is 5.24. The predicted octanol–water partition coefficient (Wildman–Crippen LogP) is 2.51. The summed E-state index contributed by atoms with van der Waals surface area (Å²) in [5.41, 5.74) is 3.15. The first-order valence-corrected chi connectivity index (χ1v) is 7.82. The number of carbonyl (C=O) groups excluding carboxylic acids is 1. The highest BCUT2D eigenvalue weighted by Gasteiger charge is 2.30. The zero-order chi connectivity index (χ0) is 12.5. The lowest BCUT2D eigenvalue weighted by Gasteiger charge is -2.34. The second-order valence-electron chi connectivity index (χ2n) is 5.67. The van der Waals surface area contributed by atoms with Crippen molar-refractivity contribution >= 4 is 17.2 Å². The van der Waals surface area contributed by atoms with Gasteiger partial charge < -0.3 is 4.90 Å². The average molecular weight is 264 g/mol. The molecule has 3 nitrogen and oxygen atoms in total. The van der Waals surface area contributed by atoms with Crippen LogP contribution in [-0.4, -0.2) is 28.9 Å². The van der Waals surface area contributed by atoms with Crippen LogP contribution in [-0.2, 0) is 17.6 Å². The van der Waals surface area contributed by atoms with Crippen LogP contribution in [0.2, 0.25) is 0 Å². The first-order chi connectivity index (χ1) is 8.74. The van der Waals surface area contributed by atoms with Crippen molar-refractivity contribution in [3.63, 3.8) is 0 Å². The second kappa shape index (κ2) is 5.00. The number of fused-ring (bicyclic) bond motifs is 1. The number of hydrogen-bond donors (Lipinski definition) is 0. The van der Waals surface area contributed by atoms with Crippen molar-refractivity contribution in [3.8, 4) is 0 Å². The molecule has 0 N–H and O–H groups in total. The largest absolute Gasteiger partial charge is 0.342 e. The molecule has 0 spiro atoms. The molecule has 1 fully saturated rings. The highest BCUT2D eigenvalue weighted by atomic mass is 32.1. The first kappa shape index (κ1) is 12.2. The van der Waals surface area contributed by atoms with Crippen molar-refractivity contribution in [1.82, 2.24) is 9.88 Å². The Labute approximate surface area is 112 Å². The maximum Gasteiger partial charge on any atom is 0.226 e. The molecule has 1 amide bonds. The molecule has 4 heteroatoms. The Morgan fingerprint density at radius 1 is 1.39 bits per heavy atom. The maximum absolute atomic E-state index is 12.5. The molecule has 1 atom stereocenters. The summed E-state index contributed by atoms with van der Waals surface area (Å²) in [4.78, 5) is 20.3. The van der Waals surface area contributed by atoms with E-state index in [0.717, 1.165) is 38.3 Å². The maximum atomic E-state index is 12.5. The van der Waals surface area contributed by atoms with E-state index in [1.54, 1.807) is 11.3 Å². The highest BCUT2D eigenvalue weighted by Crippen LogP contribution is 2.29. The quantitative estimate of drug-likeness (QED) is 0.781. The molecule has 0 aromatic carbocycles. The number of piperidine rings is 1. The number of thiazole rings is 1. The Bertz CT molecular complexity index is 435. The third kappa shape index (κ3) is 2.30. The molecule has 0 radical (unpaired) electrons. The SMILES string of the molecule is CC1CCN(C(=O)C2CCc3ncsc3C2)CC1. The van der Waals surface area contributed by atoms with Gasteiger partial charge in [-0.15, -0.1) is 11.3 Å². The predicted molar refractivity (Wildman–Crippen MR) is 72.6 cm³/mol. The number of likely N-dealkylation sites (tertiary alicyclic amines) is 1. The molecule has 3 rings (SSSR count).